The van der Waals surface area contributed by atoms with E-state index in [1.54, 1.807) is 0 Å². The molecule has 0 radical (unpaired) electrons. The van der Waals surface area contributed by atoms with Gasteiger partial charge in [-0.1, -0.05) is 0 Å². The minimum absolute atomic E-state index is 0.0629. The number of carboxylic acid groups (broad SMARTS) is 1. The molecule has 1 rings (SSSR count). The molecule has 5 heteroatoms. The topological polar surface area (TPSA) is 55.8 Å². The summed E-state index contributed by atoms with van der Waals surface area (Å²) in [5.74, 6) is -0.637. The number of carbonyl (C=O) groups is 1. The van der Waals surface area contributed by atoms with Crippen LogP contribution in [0, 0.1) is 5.92 Å². The van der Waals surface area contributed by atoms with Crippen LogP contribution in [0.5, 0.6) is 0 Å². The van der Waals surface area contributed by atoms with Crippen LogP contribution in [-0.2, 0) is 14.3 Å². The lowest BCUT2D eigenvalue weighted by atomic mass is 10.1. The molecule has 0 aromatic heterocycles. The van der Waals surface area contributed by atoms with E-state index in [9.17, 15) is 4.79 Å². The summed E-state index contributed by atoms with van der Waals surface area (Å²) in [4.78, 5) is 10.3. The number of ether oxygens (including phenoxy) is 2. The molecule has 4 nitrogen and oxygen atoms in total. The van der Waals surface area contributed by atoms with E-state index in [0.717, 1.165) is 13.0 Å². The molecule has 0 aromatic rings. The zero-order chi connectivity index (χ0) is 9.68. The van der Waals surface area contributed by atoms with Crippen molar-refractivity contribution in [1.82, 2.24) is 0 Å². The molecular formula is C8H13ClO4. The van der Waals surface area contributed by atoms with Crippen LogP contribution < -0.4 is 0 Å². The Morgan fingerprint density at radius 1 is 1.77 bits per heavy atom. The summed E-state index contributed by atoms with van der Waals surface area (Å²) in [5.41, 5.74) is 0. The van der Waals surface area contributed by atoms with Gasteiger partial charge in [0.2, 0.25) is 0 Å². The fraction of sp³-hybridized carbons (Fsp3) is 0.875. The maximum Gasteiger partial charge on any atom is 0.324 e. The standard InChI is InChI=1S/C8H13ClO4/c9-7(8(10)11)5-13-4-6-1-2-12-3-6/h6-7H,1-5H2,(H,10,11). The van der Waals surface area contributed by atoms with Crippen molar-refractivity contribution in [3.8, 4) is 0 Å². The van der Waals surface area contributed by atoms with Crippen LogP contribution in [0.15, 0.2) is 0 Å². The maximum absolute atomic E-state index is 10.3. The molecule has 1 saturated heterocycles. The zero-order valence-corrected chi connectivity index (χ0v) is 8.00. The first-order valence-electron chi connectivity index (χ1n) is 4.22. The van der Waals surface area contributed by atoms with Gasteiger partial charge in [-0.15, -0.1) is 11.6 Å². The van der Waals surface area contributed by atoms with Crippen LogP contribution >= 0.6 is 11.6 Å². The van der Waals surface area contributed by atoms with Gasteiger partial charge >= 0.3 is 5.97 Å². The van der Waals surface area contributed by atoms with Gasteiger partial charge in [-0.3, -0.25) is 4.79 Å². The van der Waals surface area contributed by atoms with E-state index in [-0.39, 0.29) is 6.61 Å². The van der Waals surface area contributed by atoms with Crippen molar-refractivity contribution in [3.05, 3.63) is 0 Å². The summed E-state index contributed by atoms with van der Waals surface area (Å²) in [7, 11) is 0. The van der Waals surface area contributed by atoms with E-state index in [2.05, 4.69) is 0 Å². The molecule has 13 heavy (non-hydrogen) atoms. The van der Waals surface area contributed by atoms with Crippen molar-refractivity contribution < 1.29 is 19.4 Å². The van der Waals surface area contributed by atoms with Gasteiger partial charge in [0.1, 0.15) is 0 Å². The third-order valence-electron chi connectivity index (χ3n) is 1.91. The molecule has 0 aromatic carbocycles. The van der Waals surface area contributed by atoms with Crippen LogP contribution in [0.2, 0.25) is 0 Å². The molecule has 76 valence electrons. The van der Waals surface area contributed by atoms with Crippen LogP contribution in [0.4, 0.5) is 0 Å². The van der Waals surface area contributed by atoms with E-state index in [1.165, 1.54) is 0 Å². The molecule has 0 saturated carbocycles. The summed E-state index contributed by atoms with van der Waals surface area (Å²) < 4.78 is 10.3. The molecule has 1 aliphatic rings. The number of halogens is 1. The Morgan fingerprint density at radius 2 is 2.54 bits per heavy atom. The largest absolute Gasteiger partial charge is 0.480 e. The lowest BCUT2D eigenvalue weighted by molar-refractivity contribution is -0.137. The first-order valence-corrected chi connectivity index (χ1v) is 4.66. The van der Waals surface area contributed by atoms with Crippen molar-refractivity contribution >= 4 is 17.6 Å². The fourth-order valence-electron chi connectivity index (χ4n) is 1.12. The quantitative estimate of drug-likeness (QED) is 0.677. The maximum atomic E-state index is 10.3. The lowest BCUT2D eigenvalue weighted by Crippen LogP contribution is -2.22. The first-order chi connectivity index (χ1) is 6.20. The second-order valence-electron chi connectivity index (χ2n) is 3.07. The average molecular weight is 209 g/mol. The number of hydrogen-bond donors (Lipinski definition) is 1. The van der Waals surface area contributed by atoms with E-state index in [0.29, 0.717) is 19.1 Å². The predicted octanol–water partition coefficient (Wildman–Crippen LogP) is 0.732. The average Bonchev–Trinajstić information content (AvgIpc) is 2.56. The predicted molar refractivity (Wildman–Crippen MR) is 47.0 cm³/mol. The number of rotatable bonds is 5. The monoisotopic (exact) mass is 208 g/mol. The summed E-state index contributed by atoms with van der Waals surface area (Å²) in [5, 5.41) is 7.50. The van der Waals surface area contributed by atoms with Crippen LogP contribution in [0.1, 0.15) is 6.42 Å². The molecule has 0 bridgehead atoms. The van der Waals surface area contributed by atoms with Crippen molar-refractivity contribution in [3.63, 3.8) is 0 Å². The lowest BCUT2D eigenvalue weighted by Gasteiger charge is -2.09. The number of alkyl halides is 1. The normalized spacial score (nSPS) is 24.5. The molecular weight excluding hydrogens is 196 g/mol. The highest BCUT2D eigenvalue weighted by Crippen LogP contribution is 2.12. The number of carboxylic acids is 1. The zero-order valence-electron chi connectivity index (χ0n) is 7.24. The van der Waals surface area contributed by atoms with Crippen LogP contribution in [-0.4, -0.2) is 42.9 Å². The Morgan fingerprint density at radius 3 is 3.08 bits per heavy atom. The minimum atomic E-state index is -1.04. The summed E-state index contributed by atoms with van der Waals surface area (Å²) in [6, 6.07) is 0. The molecule has 1 fully saturated rings. The summed E-state index contributed by atoms with van der Waals surface area (Å²) in [6.45, 7) is 2.08. The van der Waals surface area contributed by atoms with Gasteiger partial charge in [-0.05, 0) is 6.42 Å². The Hall–Kier alpha value is -0.320. The Labute approximate surface area is 81.8 Å². The molecule has 0 amide bonds. The highest BCUT2D eigenvalue weighted by molar-refractivity contribution is 6.29. The highest BCUT2D eigenvalue weighted by atomic mass is 35.5. The molecule has 0 aliphatic carbocycles. The van der Waals surface area contributed by atoms with Crippen molar-refractivity contribution in [2.75, 3.05) is 26.4 Å². The minimum Gasteiger partial charge on any atom is -0.480 e. The molecule has 2 unspecified atom stereocenters. The van der Waals surface area contributed by atoms with Crippen molar-refractivity contribution in [2.45, 2.75) is 11.8 Å². The van der Waals surface area contributed by atoms with E-state index in [1.807, 2.05) is 0 Å². The SMILES string of the molecule is O=C(O)C(Cl)COCC1CCOC1. The van der Waals surface area contributed by atoms with Gasteiger partial charge in [0, 0.05) is 12.5 Å². The van der Waals surface area contributed by atoms with E-state index in [4.69, 9.17) is 26.2 Å². The van der Waals surface area contributed by atoms with Gasteiger partial charge in [0.15, 0.2) is 5.38 Å². The molecule has 2 atom stereocenters. The Bertz CT molecular complexity index is 168. The number of aliphatic carboxylic acids is 1. The smallest absolute Gasteiger partial charge is 0.324 e. The summed E-state index contributed by atoms with van der Waals surface area (Å²) in [6.07, 6.45) is 0.986. The summed E-state index contributed by atoms with van der Waals surface area (Å²) >= 11 is 5.45. The third kappa shape index (κ3) is 3.93. The van der Waals surface area contributed by atoms with Gasteiger partial charge in [0.25, 0.3) is 0 Å². The Balaban J connectivity index is 2.02. The molecule has 1 heterocycles. The van der Waals surface area contributed by atoms with E-state index < -0.39 is 11.3 Å². The molecule has 1 N–H and O–H groups in total. The second kappa shape index (κ2) is 5.42. The van der Waals surface area contributed by atoms with Crippen molar-refractivity contribution in [2.24, 2.45) is 5.92 Å². The molecule has 1 aliphatic heterocycles. The Kier molecular flexibility index (Phi) is 4.48. The van der Waals surface area contributed by atoms with Crippen LogP contribution in [0.3, 0.4) is 0 Å². The molecule has 0 spiro atoms. The van der Waals surface area contributed by atoms with Gasteiger partial charge < -0.3 is 14.6 Å². The van der Waals surface area contributed by atoms with Crippen molar-refractivity contribution in [1.29, 1.82) is 0 Å². The number of hydrogen-bond acceptors (Lipinski definition) is 3. The van der Waals surface area contributed by atoms with Gasteiger partial charge in [-0.2, -0.15) is 0 Å². The van der Waals surface area contributed by atoms with E-state index >= 15 is 0 Å². The first kappa shape index (κ1) is 10.8. The second-order valence-corrected chi connectivity index (χ2v) is 3.60. The van der Waals surface area contributed by atoms with Crippen LogP contribution in [0.25, 0.3) is 0 Å². The van der Waals surface area contributed by atoms with Gasteiger partial charge in [-0.25, -0.2) is 0 Å². The highest BCUT2D eigenvalue weighted by Gasteiger charge is 2.18. The fourth-order valence-corrected chi connectivity index (χ4v) is 1.21. The third-order valence-corrected chi connectivity index (χ3v) is 2.22. The van der Waals surface area contributed by atoms with Gasteiger partial charge in [0.05, 0.1) is 19.8 Å².